The molecule has 1 aliphatic rings. The molecule has 0 N–H and O–H groups in total. The Morgan fingerprint density at radius 1 is 0.966 bits per heavy atom. The van der Waals surface area contributed by atoms with Gasteiger partial charge in [0.05, 0.1) is 5.52 Å². The summed E-state index contributed by atoms with van der Waals surface area (Å²) in [4.78, 5) is 12.5. The molecule has 4 nitrogen and oxygen atoms in total. The van der Waals surface area contributed by atoms with Gasteiger partial charge in [-0.25, -0.2) is 14.4 Å². The molecule has 1 saturated heterocycles. The highest BCUT2D eigenvalue weighted by Gasteiger charge is 2.32. The van der Waals surface area contributed by atoms with Gasteiger partial charge in [0.2, 0.25) is 0 Å². The minimum atomic E-state index is -4.47. The van der Waals surface area contributed by atoms with E-state index >= 15 is 0 Å². The fourth-order valence-corrected chi connectivity index (χ4v) is 3.68. The average molecular weight is 404 g/mol. The lowest BCUT2D eigenvalue weighted by Gasteiger charge is -2.24. The monoisotopic (exact) mass is 404 g/mol. The van der Waals surface area contributed by atoms with Crippen LogP contribution in [0.1, 0.15) is 17.7 Å². The molecule has 3 heterocycles. The van der Waals surface area contributed by atoms with Crippen LogP contribution in [0.25, 0.3) is 10.9 Å². The fraction of sp³-hybridized carbons (Fsp3) is 0.333. The van der Waals surface area contributed by atoms with E-state index in [1.807, 2.05) is 6.07 Å². The molecule has 3 aromatic rings. The summed E-state index contributed by atoms with van der Waals surface area (Å²) in [5.41, 5.74) is 0.301. The molecule has 0 unspecified atom stereocenters. The van der Waals surface area contributed by atoms with Crippen molar-refractivity contribution >= 4 is 16.7 Å². The summed E-state index contributed by atoms with van der Waals surface area (Å²) < 4.78 is 52.3. The third kappa shape index (κ3) is 4.48. The fourth-order valence-electron chi connectivity index (χ4n) is 3.68. The summed E-state index contributed by atoms with van der Waals surface area (Å²) >= 11 is 0. The second kappa shape index (κ2) is 7.94. The van der Waals surface area contributed by atoms with E-state index in [-0.39, 0.29) is 11.3 Å². The van der Waals surface area contributed by atoms with Crippen LogP contribution in [0.4, 0.5) is 23.4 Å². The van der Waals surface area contributed by atoms with Crippen molar-refractivity contribution in [1.82, 2.24) is 14.9 Å². The number of fused-ring (bicyclic) bond motifs is 1. The normalized spacial score (nSPS) is 16.2. The SMILES string of the molecule is Fc1cccc(CN2CCCN(c3nccc4nc(C(F)(F)F)ccc34)CC2)c1. The Balaban J connectivity index is 1.52. The molecule has 0 atom stereocenters. The summed E-state index contributed by atoms with van der Waals surface area (Å²) in [5.74, 6) is 0.404. The lowest BCUT2D eigenvalue weighted by Crippen LogP contribution is -2.31. The molecule has 0 bridgehead atoms. The van der Waals surface area contributed by atoms with Gasteiger partial charge in [-0.05, 0) is 42.3 Å². The van der Waals surface area contributed by atoms with Gasteiger partial charge < -0.3 is 4.90 Å². The van der Waals surface area contributed by atoms with Crippen LogP contribution < -0.4 is 4.90 Å². The third-order valence-electron chi connectivity index (χ3n) is 5.07. The van der Waals surface area contributed by atoms with Crippen LogP contribution in [0.3, 0.4) is 0 Å². The summed E-state index contributed by atoms with van der Waals surface area (Å²) in [6.45, 7) is 3.69. The van der Waals surface area contributed by atoms with Crippen molar-refractivity contribution in [2.75, 3.05) is 31.1 Å². The van der Waals surface area contributed by atoms with Crippen molar-refractivity contribution in [3.63, 3.8) is 0 Å². The maximum Gasteiger partial charge on any atom is 0.433 e. The van der Waals surface area contributed by atoms with Crippen LogP contribution in [0.5, 0.6) is 0 Å². The van der Waals surface area contributed by atoms with E-state index in [0.717, 1.165) is 37.7 Å². The summed E-state index contributed by atoms with van der Waals surface area (Å²) in [7, 11) is 0. The van der Waals surface area contributed by atoms with Gasteiger partial charge in [-0.2, -0.15) is 13.2 Å². The molecule has 0 radical (unpaired) electrons. The van der Waals surface area contributed by atoms with Gasteiger partial charge in [0.25, 0.3) is 0 Å². The second-order valence-corrected chi connectivity index (χ2v) is 7.14. The van der Waals surface area contributed by atoms with E-state index in [1.165, 1.54) is 24.4 Å². The van der Waals surface area contributed by atoms with E-state index in [0.29, 0.717) is 24.3 Å². The van der Waals surface area contributed by atoms with Gasteiger partial charge in [-0.15, -0.1) is 0 Å². The minimum absolute atomic E-state index is 0.246. The van der Waals surface area contributed by atoms with Crippen molar-refractivity contribution < 1.29 is 17.6 Å². The first kappa shape index (κ1) is 19.6. The summed E-state index contributed by atoms with van der Waals surface area (Å²) in [6.07, 6.45) is -2.10. The average Bonchev–Trinajstić information content (AvgIpc) is 2.92. The molecule has 4 rings (SSSR count). The van der Waals surface area contributed by atoms with E-state index < -0.39 is 11.9 Å². The maximum absolute atomic E-state index is 13.4. The Kier molecular flexibility index (Phi) is 5.36. The first-order chi connectivity index (χ1) is 13.9. The number of halogens is 4. The smallest absolute Gasteiger partial charge is 0.355 e. The number of pyridine rings is 2. The number of hydrogen-bond donors (Lipinski definition) is 0. The number of hydrogen-bond acceptors (Lipinski definition) is 4. The van der Waals surface area contributed by atoms with Crippen LogP contribution in [0, 0.1) is 5.82 Å². The molecule has 2 aromatic heterocycles. The third-order valence-corrected chi connectivity index (χ3v) is 5.07. The molecule has 1 fully saturated rings. The zero-order valence-corrected chi connectivity index (χ0v) is 15.7. The molecule has 0 spiro atoms. The highest BCUT2D eigenvalue weighted by Crippen LogP contribution is 2.31. The maximum atomic E-state index is 13.4. The molecular formula is C21H20F4N4. The number of anilines is 1. The van der Waals surface area contributed by atoms with Gasteiger partial charge in [-0.3, -0.25) is 4.90 Å². The highest BCUT2D eigenvalue weighted by molar-refractivity contribution is 5.89. The summed E-state index contributed by atoms with van der Waals surface area (Å²) in [6, 6.07) is 10.5. The molecule has 0 saturated carbocycles. The summed E-state index contributed by atoms with van der Waals surface area (Å²) in [5, 5.41) is 0.610. The lowest BCUT2D eigenvalue weighted by atomic mass is 10.2. The molecule has 0 aliphatic carbocycles. The molecule has 1 aromatic carbocycles. The predicted octanol–water partition coefficient (Wildman–Crippen LogP) is 4.50. The first-order valence-corrected chi connectivity index (χ1v) is 9.45. The largest absolute Gasteiger partial charge is 0.433 e. The number of rotatable bonds is 3. The predicted molar refractivity (Wildman–Crippen MR) is 103 cm³/mol. The minimum Gasteiger partial charge on any atom is -0.355 e. The van der Waals surface area contributed by atoms with Crippen molar-refractivity contribution in [2.45, 2.75) is 19.1 Å². The molecule has 8 heteroatoms. The van der Waals surface area contributed by atoms with E-state index in [1.54, 1.807) is 12.1 Å². The van der Waals surface area contributed by atoms with Crippen LogP contribution in [0.15, 0.2) is 48.7 Å². The number of alkyl halides is 3. The van der Waals surface area contributed by atoms with E-state index in [9.17, 15) is 17.6 Å². The van der Waals surface area contributed by atoms with Crippen molar-refractivity contribution in [3.8, 4) is 0 Å². The van der Waals surface area contributed by atoms with Gasteiger partial charge in [0.15, 0.2) is 0 Å². The Hall–Kier alpha value is -2.74. The van der Waals surface area contributed by atoms with Crippen molar-refractivity contribution in [2.24, 2.45) is 0 Å². The molecule has 152 valence electrons. The van der Waals surface area contributed by atoms with Gasteiger partial charge >= 0.3 is 6.18 Å². The van der Waals surface area contributed by atoms with Crippen molar-refractivity contribution in [3.05, 3.63) is 65.7 Å². The Morgan fingerprint density at radius 3 is 2.62 bits per heavy atom. The standard InChI is InChI=1S/C21H20F4N4/c22-16-4-1-3-15(13-16)14-28-9-2-10-29(12-11-28)20-17-5-6-19(21(23,24)25)27-18(17)7-8-26-20/h1,3-8,13H,2,9-12,14H2. The quantitative estimate of drug-likeness (QED) is 0.602. The van der Waals surface area contributed by atoms with Crippen LogP contribution in [-0.4, -0.2) is 41.0 Å². The topological polar surface area (TPSA) is 32.3 Å². The Labute approximate surface area is 165 Å². The van der Waals surface area contributed by atoms with Crippen LogP contribution in [0.2, 0.25) is 0 Å². The molecule has 0 amide bonds. The Bertz CT molecular complexity index is 1010. The van der Waals surface area contributed by atoms with Crippen LogP contribution in [-0.2, 0) is 12.7 Å². The number of benzene rings is 1. The Morgan fingerprint density at radius 2 is 1.83 bits per heavy atom. The zero-order valence-electron chi connectivity index (χ0n) is 15.7. The molecular weight excluding hydrogens is 384 g/mol. The zero-order chi connectivity index (χ0) is 20.4. The number of nitrogens with zero attached hydrogens (tertiary/aromatic N) is 4. The lowest BCUT2D eigenvalue weighted by molar-refractivity contribution is -0.140. The first-order valence-electron chi connectivity index (χ1n) is 9.45. The highest BCUT2D eigenvalue weighted by atomic mass is 19.4. The van der Waals surface area contributed by atoms with Gasteiger partial charge in [-0.1, -0.05) is 12.1 Å². The van der Waals surface area contributed by atoms with E-state index in [4.69, 9.17) is 0 Å². The molecule has 1 aliphatic heterocycles. The van der Waals surface area contributed by atoms with Gasteiger partial charge in [0.1, 0.15) is 17.3 Å². The van der Waals surface area contributed by atoms with Crippen LogP contribution >= 0.6 is 0 Å². The number of aromatic nitrogens is 2. The van der Waals surface area contributed by atoms with E-state index in [2.05, 4.69) is 19.8 Å². The second-order valence-electron chi connectivity index (χ2n) is 7.14. The molecule has 29 heavy (non-hydrogen) atoms. The van der Waals surface area contributed by atoms with Gasteiger partial charge in [0, 0.05) is 44.3 Å². The van der Waals surface area contributed by atoms with Crippen molar-refractivity contribution in [1.29, 1.82) is 0 Å².